The van der Waals surface area contributed by atoms with Gasteiger partial charge in [0.15, 0.2) is 0 Å². The molecule has 0 saturated carbocycles. The molecule has 0 radical (unpaired) electrons. The van der Waals surface area contributed by atoms with Crippen LogP contribution >= 0.6 is 0 Å². The predicted octanol–water partition coefficient (Wildman–Crippen LogP) is 1.62. The monoisotopic (exact) mass is 234 g/mol. The first-order chi connectivity index (χ1) is 8.08. The van der Waals surface area contributed by atoms with Crippen LogP contribution in [0.25, 0.3) is 0 Å². The fourth-order valence-electron chi connectivity index (χ4n) is 1.06. The molecule has 0 saturated heterocycles. The molecule has 0 heterocycles. The maximum Gasteiger partial charge on any atom is 0.289 e. The van der Waals surface area contributed by atoms with Crippen LogP contribution < -0.4 is 11.5 Å². The number of guanidine groups is 1. The average Bonchev–Trinajstić information content (AvgIpc) is 2.27. The van der Waals surface area contributed by atoms with Crippen LogP contribution in [0.3, 0.4) is 0 Å². The summed E-state index contributed by atoms with van der Waals surface area (Å²) in [6.07, 6.45) is 0. The smallest absolute Gasteiger partial charge is 0.289 e. The average molecular weight is 234 g/mol. The van der Waals surface area contributed by atoms with E-state index in [2.05, 4.69) is 9.98 Å². The first kappa shape index (κ1) is 13.0. The van der Waals surface area contributed by atoms with Crippen molar-refractivity contribution in [2.24, 2.45) is 27.4 Å². The van der Waals surface area contributed by atoms with Crippen LogP contribution in [0.4, 0.5) is 5.69 Å². The van der Waals surface area contributed by atoms with Gasteiger partial charge in [0, 0.05) is 0 Å². The number of hydrogen-bond donors (Lipinski definition) is 2. The summed E-state index contributed by atoms with van der Waals surface area (Å²) >= 11 is 0. The third-order valence-electron chi connectivity index (χ3n) is 1.79. The highest BCUT2D eigenvalue weighted by molar-refractivity contribution is 5.92. The van der Waals surface area contributed by atoms with Gasteiger partial charge in [0.1, 0.15) is 0 Å². The number of nitrogens with two attached hydrogens (primary N) is 2. The number of nitrogens with zero attached hydrogens (tertiary/aromatic N) is 2. The fraction of sp³-hybridized carbons (Fsp3) is 0.333. The van der Waals surface area contributed by atoms with E-state index in [-0.39, 0.29) is 12.0 Å². The summed E-state index contributed by atoms with van der Waals surface area (Å²) in [5.41, 5.74) is 11.9. The lowest BCUT2D eigenvalue weighted by molar-refractivity contribution is 0.255. The van der Waals surface area contributed by atoms with Gasteiger partial charge in [-0.2, -0.15) is 4.99 Å². The van der Waals surface area contributed by atoms with Crippen molar-refractivity contribution in [3.8, 4) is 0 Å². The molecule has 5 nitrogen and oxygen atoms in total. The van der Waals surface area contributed by atoms with Crippen molar-refractivity contribution < 1.29 is 4.74 Å². The molecule has 17 heavy (non-hydrogen) atoms. The number of ether oxygens (including phenoxy) is 1. The molecule has 0 fully saturated rings. The minimum absolute atomic E-state index is 0.0379. The lowest BCUT2D eigenvalue weighted by Crippen LogP contribution is -2.23. The van der Waals surface area contributed by atoms with Gasteiger partial charge in [-0.05, 0) is 18.1 Å². The maximum atomic E-state index is 5.62. The van der Waals surface area contributed by atoms with Gasteiger partial charge in [-0.1, -0.05) is 32.0 Å². The Bertz CT molecular complexity index is 398. The maximum absolute atomic E-state index is 5.62. The highest BCUT2D eigenvalue weighted by Gasteiger charge is 1.98. The van der Waals surface area contributed by atoms with Crippen LogP contribution in [0.2, 0.25) is 0 Å². The Morgan fingerprint density at radius 1 is 1.24 bits per heavy atom. The zero-order valence-electron chi connectivity index (χ0n) is 10.1. The van der Waals surface area contributed by atoms with E-state index >= 15 is 0 Å². The number of hydrogen-bond acceptors (Lipinski definition) is 2. The summed E-state index contributed by atoms with van der Waals surface area (Å²) in [4.78, 5) is 7.92. The molecular weight excluding hydrogens is 216 g/mol. The molecule has 0 bridgehead atoms. The minimum Gasteiger partial charge on any atom is -0.465 e. The van der Waals surface area contributed by atoms with Crippen molar-refractivity contribution in [3.63, 3.8) is 0 Å². The highest BCUT2D eigenvalue weighted by atomic mass is 16.5. The molecule has 4 N–H and O–H groups in total. The zero-order valence-corrected chi connectivity index (χ0v) is 10.1. The molecule has 0 aliphatic rings. The Hall–Kier alpha value is -2.04. The first-order valence-electron chi connectivity index (χ1n) is 5.44. The van der Waals surface area contributed by atoms with Gasteiger partial charge in [0.05, 0.1) is 12.3 Å². The van der Waals surface area contributed by atoms with E-state index in [1.807, 2.05) is 44.2 Å². The Kier molecular flexibility index (Phi) is 5.00. The van der Waals surface area contributed by atoms with Crippen LogP contribution in [-0.2, 0) is 4.74 Å². The van der Waals surface area contributed by atoms with E-state index in [4.69, 9.17) is 16.2 Å². The lowest BCUT2D eigenvalue weighted by atomic mass is 10.2. The molecule has 1 rings (SSSR count). The lowest BCUT2D eigenvalue weighted by Gasteiger charge is -2.06. The molecule has 0 aromatic heterocycles. The summed E-state index contributed by atoms with van der Waals surface area (Å²) in [7, 11) is 0. The molecule has 1 aromatic rings. The molecule has 1 aromatic carbocycles. The van der Waals surface area contributed by atoms with Crippen LogP contribution in [0.5, 0.6) is 0 Å². The number of rotatable bonds is 3. The largest absolute Gasteiger partial charge is 0.465 e. The standard InChI is InChI=1S/C12H18N4O/c1-9(2)8-17-12(14)16-11(13)15-10-6-4-3-5-7-10/h3-7,9H,8H2,1-2H3,(H4,13,14,15,16). The van der Waals surface area contributed by atoms with E-state index in [0.29, 0.717) is 12.5 Å². The Morgan fingerprint density at radius 2 is 1.88 bits per heavy atom. The molecule has 0 aliphatic heterocycles. The third-order valence-corrected chi connectivity index (χ3v) is 1.79. The molecule has 5 heteroatoms. The van der Waals surface area contributed by atoms with E-state index in [1.54, 1.807) is 0 Å². The van der Waals surface area contributed by atoms with Crippen molar-refractivity contribution in [1.82, 2.24) is 0 Å². The van der Waals surface area contributed by atoms with E-state index in [0.717, 1.165) is 5.69 Å². The van der Waals surface area contributed by atoms with E-state index < -0.39 is 0 Å². The van der Waals surface area contributed by atoms with Crippen molar-refractivity contribution in [1.29, 1.82) is 0 Å². The van der Waals surface area contributed by atoms with Crippen molar-refractivity contribution in [2.75, 3.05) is 6.61 Å². The highest BCUT2D eigenvalue weighted by Crippen LogP contribution is 2.09. The third kappa shape index (κ3) is 5.55. The summed E-state index contributed by atoms with van der Waals surface area (Å²) in [6.45, 7) is 4.55. The molecule has 0 atom stereocenters. The topological polar surface area (TPSA) is 86.0 Å². The number of benzene rings is 1. The van der Waals surface area contributed by atoms with Crippen LogP contribution in [0.15, 0.2) is 40.3 Å². The molecule has 92 valence electrons. The van der Waals surface area contributed by atoms with Gasteiger partial charge < -0.3 is 16.2 Å². The quantitative estimate of drug-likeness (QED) is 0.615. The molecule has 0 aliphatic carbocycles. The minimum atomic E-state index is 0.0379. The molecular formula is C12H18N4O. The van der Waals surface area contributed by atoms with Gasteiger partial charge in [0.2, 0.25) is 5.96 Å². The summed E-state index contributed by atoms with van der Waals surface area (Å²) < 4.78 is 5.18. The van der Waals surface area contributed by atoms with Gasteiger partial charge >= 0.3 is 0 Å². The normalized spacial score (nSPS) is 12.9. The Balaban J connectivity index is 2.61. The first-order valence-corrected chi connectivity index (χ1v) is 5.44. The number of amidine groups is 1. The Morgan fingerprint density at radius 3 is 2.47 bits per heavy atom. The molecule has 0 unspecified atom stereocenters. The molecule has 0 amide bonds. The van der Waals surface area contributed by atoms with Crippen molar-refractivity contribution in [3.05, 3.63) is 30.3 Å². The summed E-state index contributed by atoms with van der Waals surface area (Å²) in [5, 5.41) is 0. The van der Waals surface area contributed by atoms with Gasteiger partial charge in [-0.25, -0.2) is 4.99 Å². The van der Waals surface area contributed by atoms with Crippen LogP contribution in [0, 0.1) is 5.92 Å². The van der Waals surface area contributed by atoms with Crippen LogP contribution in [-0.4, -0.2) is 18.6 Å². The summed E-state index contributed by atoms with van der Waals surface area (Å²) in [6, 6.07) is 9.33. The SMILES string of the molecule is CC(C)CO/C(N)=N/C(N)=Nc1ccccc1. The van der Waals surface area contributed by atoms with Gasteiger partial charge in [-0.15, -0.1) is 0 Å². The van der Waals surface area contributed by atoms with Gasteiger partial charge in [0.25, 0.3) is 6.02 Å². The number of aliphatic imine (C=N–C) groups is 2. The van der Waals surface area contributed by atoms with Crippen LogP contribution in [0.1, 0.15) is 13.8 Å². The van der Waals surface area contributed by atoms with Crippen molar-refractivity contribution in [2.45, 2.75) is 13.8 Å². The van der Waals surface area contributed by atoms with E-state index in [1.165, 1.54) is 0 Å². The van der Waals surface area contributed by atoms with E-state index in [9.17, 15) is 0 Å². The second kappa shape index (κ2) is 6.52. The Labute approximate surface area is 101 Å². The predicted molar refractivity (Wildman–Crippen MR) is 70.1 cm³/mol. The summed E-state index contributed by atoms with van der Waals surface area (Å²) in [5.74, 6) is 0.466. The van der Waals surface area contributed by atoms with Crippen molar-refractivity contribution >= 4 is 17.7 Å². The molecule has 0 spiro atoms. The second-order valence-electron chi connectivity index (χ2n) is 3.96. The second-order valence-corrected chi connectivity index (χ2v) is 3.96. The van der Waals surface area contributed by atoms with Gasteiger partial charge in [-0.3, -0.25) is 0 Å². The number of para-hydroxylation sites is 1. The fourth-order valence-corrected chi connectivity index (χ4v) is 1.06. The zero-order chi connectivity index (χ0) is 12.7.